The number of hydrogen-bond acceptors (Lipinski definition) is 3. The highest BCUT2D eigenvalue weighted by Crippen LogP contribution is 2.25. The van der Waals surface area contributed by atoms with Gasteiger partial charge in [-0.25, -0.2) is 0 Å². The first-order valence-corrected chi connectivity index (χ1v) is 7.61. The van der Waals surface area contributed by atoms with E-state index in [-0.39, 0.29) is 18.2 Å². The highest BCUT2D eigenvalue weighted by Gasteiger charge is 2.35. The predicted octanol–water partition coefficient (Wildman–Crippen LogP) is 1.78. The van der Waals surface area contributed by atoms with E-state index in [1.54, 1.807) is 29.2 Å². The molecule has 3 rings (SSSR count). The third kappa shape index (κ3) is 3.27. The number of nitrogens with two attached hydrogens (primary N) is 1. The number of nitrogens with one attached hydrogen (secondary N) is 1. The van der Waals surface area contributed by atoms with Crippen LogP contribution in [0.1, 0.15) is 16.8 Å². The van der Waals surface area contributed by atoms with Crippen LogP contribution in [0.3, 0.4) is 0 Å². The highest BCUT2D eigenvalue weighted by atomic mass is 16.2. The van der Waals surface area contributed by atoms with E-state index in [9.17, 15) is 14.4 Å². The number of primary amides is 1. The van der Waals surface area contributed by atoms with Crippen LogP contribution in [0.2, 0.25) is 0 Å². The van der Waals surface area contributed by atoms with Crippen molar-refractivity contribution in [2.75, 3.05) is 16.8 Å². The number of anilines is 2. The van der Waals surface area contributed by atoms with Crippen LogP contribution >= 0.6 is 0 Å². The summed E-state index contributed by atoms with van der Waals surface area (Å²) in [7, 11) is 0. The molecule has 1 fully saturated rings. The van der Waals surface area contributed by atoms with E-state index < -0.39 is 11.8 Å². The summed E-state index contributed by atoms with van der Waals surface area (Å²) in [4.78, 5) is 37.2. The molecule has 2 aromatic rings. The van der Waals surface area contributed by atoms with Crippen molar-refractivity contribution in [3.63, 3.8) is 0 Å². The zero-order chi connectivity index (χ0) is 17.1. The molecule has 24 heavy (non-hydrogen) atoms. The van der Waals surface area contributed by atoms with E-state index in [1.165, 1.54) is 0 Å². The molecule has 1 atom stereocenters. The molecule has 6 heteroatoms. The lowest BCUT2D eigenvalue weighted by Crippen LogP contribution is -2.28. The summed E-state index contributed by atoms with van der Waals surface area (Å²) in [5.41, 5.74) is 6.92. The van der Waals surface area contributed by atoms with Crippen LogP contribution in [-0.4, -0.2) is 24.3 Å². The summed E-state index contributed by atoms with van der Waals surface area (Å²) >= 11 is 0. The molecule has 6 nitrogen and oxygen atoms in total. The molecule has 3 N–H and O–H groups in total. The van der Waals surface area contributed by atoms with Gasteiger partial charge in [0.05, 0.1) is 5.92 Å². The Balaban J connectivity index is 1.66. The van der Waals surface area contributed by atoms with E-state index >= 15 is 0 Å². The molecular weight excluding hydrogens is 306 g/mol. The number of carbonyl (C=O) groups is 3. The van der Waals surface area contributed by atoms with Crippen molar-refractivity contribution in [1.29, 1.82) is 0 Å². The van der Waals surface area contributed by atoms with Gasteiger partial charge in [-0.15, -0.1) is 0 Å². The van der Waals surface area contributed by atoms with E-state index in [0.29, 0.717) is 17.8 Å². The molecule has 0 radical (unpaired) electrons. The van der Waals surface area contributed by atoms with E-state index in [1.807, 2.05) is 30.3 Å². The standard InChI is InChI=1S/C18H17N3O3/c19-17(23)12-6-8-14(9-7-12)20-18(24)13-10-16(22)21(11-13)15-4-2-1-3-5-15/h1-9,13H,10-11H2,(H2,19,23)(H,20,24)/t13-/m1/s1. The summed E-state index contributed by atoms with van der Waals surface area (Å²) in [6.07, 6.45) is 0.181. The summed E-state index contributed by atoms with van der Waals surface area (Å²) < 4.78 is 0. The van der Waals surface area contributed by atoms with Crippen molar-refractivity contribution in [2.24, 2.45) is 11.7 Å². The van der Waals surface area contributed by atoms with Gasteiger partial charge in [-0.1, -0.05) is 18.2 Å². The molecule has 1 heterocycles. The molecule has 1 saturated heterocycles. The van der Waals surface area contributed by atoms with Crippen molar-refractivity contribution >= 4 is 29.1 Å². The zero-order valence-corrected chi connectivity index (χ0v) is 12.9. The Morgan fingerprint density at radius 1 is 1.04 bits per heavy atom. The number of benzene rings is 2. The SMILES string of the molecule is NC(=O)c1ccc(NC(=O)[C@@H]2CC(=O)N(c3ccccc3)C2)cc1. The van der Waals surface area contributed by atoms with E-state index in [2.05, 4.69) is 5.32 Å². The van der Waals surface area contributed by atoms with Crippen molar-refractivity contribution in [3.05, 3.63) is 60.2 Å². The average molecular weight is 323 g/mol. The number of amides is 3. The maximum absolute atomic E-state index is 12.4. The first kappa shape index (κ1) is 15.7. The van der Waals surface area contributed by atoms with Gasteiger partial charge < -0.3 is 16.0 Å². The largest absolute Gasteiger partial charge is 0.366 e. The molecular formula is C18H17N3O3. The zero-order valence-electron chi connectivity index (χ0n) is 12.9. The van der Waals surface area contributed by atoms with E-state index in [0.717, 1.165) is 5.69 Å². The molecule has 2 aromatic carbocycles. The Hall–Kier alpha value is -3.15. The van der Waals surface area contributed by atoms with Gasteiger partial charge in [-0.05, 0) is 36.4 Å². The normalized spacial score (nSPS) is 16.9. The topological polar surface area (TPSA) is 92.5 Å². The second-order valence-corrected chi connectivity index (χ2v) is 5.67. The van der Waals surface area contributed by atoms with Crippen LogP contribution < -0.4 is 16.0 Å². The van der Waals surface area contributed by atoms with Gasteiger partial charge in [0.2, 0.25) is 17.7 Å². The Morgan fingerprint density at radius 3 is 2.33 bits per heavy atom. The molecule has 0 aromatic heterocycles. The fraction of sp³-hybridized carbons (Fsp3) is 0.167. The summed E-state index contributed by atoms with van der Waals surface area (Å²) in [6.45, 7) is 0.355. The molecule has 0 saturated carbocycles. The number of para-hydroxylation sites is 1. The number of carbonyl (C=O) groups excluding carboxylic acids is 3. The number of hydrogen-bond donors (Lipinski definition) is 2. The Bertz CT molecular complexity index is 772. The fourth-order valence-corrected chi connectivity index (χ4v) is 2.70. The quantitative estimate of drug-likeness (QED) is 0.898. The van der Waals surface area contributed by atoms with Gasteiger partial charge >= 0.3 is 0 Å². The summed E-state index contributed by atoms with van der Waals surface area (Å²) in [5.74, 6) is -1.21. The van der Waals surface area contributed by atoms with E-state index in [4.69, 9.17) is 5.73 Å². The van der Waals surface area contributed by atoms with Crippen LogP contribution in [0.15, 0.2) is 54.6 Å². The van der Waals surface area contributed by atoms with Crippen LogP contribution in [0, 0.1) is 5.92 Å². The van der Waals surface area contributed by atoms with Crippen molar-refractivity contribution in [2.45, 2.75) is 6.42 Å². The minimum Gasteiger partial charge on any atom is -0.366 e. The second kappa shape index (κ2) is 6.54. The Morgan fingerprint density at radius 2 is 1.71 bits per heavy atom. The third-order valence-corrected chi connectivity index (χ3v) is 4.00. The molecule has 1 aliphatic rings. The average Bonchev–Trinajstić information content (AvgIpc) is 2.98. The Labute approximate surface area is 139 Å². The second-order valence-electron chi connectivity index (χ2n) is 5.67. The molecule has 0 unspecified atom stereocenters. The number of nitrogens with zero attached hydrogens (tertiary/aromatic N) is 1. The molecule has 0 bridgehead atoms. The lowest BCUT2D eigenvalue weighted by atomic mass is 10.1. The van der Waals surface area contributed by atoms with Crippen LogP contribution in [0.25, 0.3) is 0 Å². The smallest absolute Gasteiger partial charge is 0.248 e. The van der Waals surface area contributed by atoms with Crippen molar-refractivity contribution in [1.82, 2.24) is 0 Å². The van der Waals surface area contributed by atoms with Crippen LogP contribution in [0.4, 0.5) is 11.4 Å². The minimum atomic E-state index is -0.521. The maximum Gasteiger partial charge on any atom is 0.248 e. The fourth-order valence-electron chi connectivity index (χ4n) is 2.70. The summed E-state index contributed by atoms with van der Waals surface area (Å²) in [5, 5.41) is 2.77. The van der Waals surface area contributed by atoms with Gasteiger partial charge in [0.1, 0.15) is 0 Å². The third-order valence-electron chi connectivity index (χ3n) is 4.00. The van der Waals surface area contributed by atoms with Gasteiger partial charge in [0.15, 0.2) is 0 Å². The predicted molar refractivity (Wildman–Crippen MR) is 90.5 cm³/mol. The van der Waals surface area contributed by atoms with Crippen molar-refractivity contribution < 1.29 is 14.4 Å². The molecule has 0 spiro atoms. The van der Waals surface area contributed by atoms with Gasteiger partial charge in [-0.2, -0.15) is 0 Å². The first-order valence-electron chi connectivity index (χ1n) is 7.61. The molecule has 122 valence electrons. The van der Waals surface area contributed by atoms with Gasteiger partial charge in [0, 0.05) is 29.9 Å². The molecule has 3 amide bonds. The van der Waals surface area contributed by atoms with Gasteiger partial charge in [-0.3, -0.25) is 14.4 Å². The highest BCUT2D eigenvalue weighted by molar-refractivity contribution is 6.03. The lowest BCUT2D eigenvalue weighted by Gasteiger charge is -2.16. The minimum absolute atomic E-state index is 0.0644. The van der Waals surface area contributed by atoms with Crippen LogP contribution in [-0.2, 0) is 9.59 Å². The van der Waals surface area contributed by atoms with Crippen LogP contribution in [0.5, 0.6) is 0 Å². The first-order chi connectivity index (χ1) is 11.5. The van der Waals surface area contributed by atoms with Gasteiger partial charge in [0.25, 0.3) is 0 Å². The molecule has 1 aliphatic heterocycles. The summed E-state index contributed by atoms with van der Waals surface area (Å²) in [6, 6.07) is 15.6. The lowest BCUT2D eigenvalue weighted by molar-refractivity contribution is -0.122. The molecule has 0 aliphatic carbocycles. The van der Waals surface area contributed by atoms with Crippen molar-refractivity contribution in [3.8, 4) is 0 Å². The monoisotopic (exact) mass is 323 g/mol. The maximum atomic E-state index is 12.4. The Kier molecular flexibility index (Phi) is 4.29. The number of rotatable bonds is 4.